The summed E-state index contributed by atoms with van der Waals surface area (Å²) < 4.78 is 27.7. The number of anilines is 2. The minimum absolute atomic E-state index is 0.0268. The Balaban J connectivity index is 2.23. The second-order valence-corrected chi connectivity index (χ2v) is 7.89. The van der Waals surface area contributed by atoms with Gasteiger partial charge in [-0.25, -0.2) is 8.42 Å². The van der Waals surface area contributed by atoms with E-state index in [1.54, 1.807) is 24.3 Å². The van der Waals surface area contributed by atoms with E-state index in [1.807, 2.05) is 45.0 Å². The summed E-state index contributed by atoms with van der Waals surface area (Å²) in [5, 5.41) is 2.75. The molecule has 134 valence electrons. The lowest BCUT2D eigenvalue weighted by molar-refractivity contribution is 0.0943. The first-order valence-electron chi connectivity index (χ1n) is 7.90. The molecule has 2 aromatic carbocycles. The van der Waals surface area contributed by atoms with Gasteiger partial charge < -0.3 is 10.2 Å². The first kappa shape index (κ1) is 18.8. The Morgan fingerprint density at radius 1 is 1.04 bits per heavy atom. The third-order valence-corrected chi connectivity index (χ3v) is 4.84. The van der Waals surface area contributed by atoms with Crippen molar-refractivity contribution in [3.05, 3.63) is 54.1 Å². The van der Waals surface area contributed by atoms with Crippen LogP contribution in [0.3, 0.4) is 0 Å². The second kappa shape index (κ2) is 7.57. The van der Waals surface area contributed by atoms with E-state index in [2.05, 4.69) is 10.0 Å². The molecule has 2 rings (SSSR count). The standard InChI is InChI=1S/C18H23N3O3S/c1-13(2)19-18(22)14-6-5-7-17(12-14)25(23,24)20-15-8-10-16(11-9-15)21(3)4/h5-13,20H,1-4H3,(H,19,22). The van der Waals surface area contributed by atoms with Crippen LogP contribution in [0.2, 0.25) is 0 Å². The van der Waals surface area contributed by atoms with E-state index in [-0.39, 0.29) is 16.8 Å². The van der Waals surface area contributed by atoms with Crippen LogP contribution >= 0.6 is 0 Å². The van der Waals surface area contributed by atoms with Gasteiger partial charge in [0.25, 0.3) is 15.9 Å². The zero-order valence-electron chi connectivity index (χ0n) is 14.8. The fourth-order valence-electron chi connectivity index (χ4n) is 2.19. The molecular formula is C18H23N3O3S. The van der Waals surface area contributed by atoms with Crippen LogP contribution in [0.15, 0.2) is 53.4 Å². The average molecular weight is 361 g/mol. The highest BCUT2D eigenvalue weighted by Gasteiger charge is 2.17. The highest BCUT2D eigenvalue weighted by atomic mass is 32.2. The summed E-state index contributed by atoms with van der Waals surface area (Å²) in [6.45, 7) is 3.69. The molecule has 6 nitrogen and oxygen atoms in total. The van der Waals surface area contributed by atoms with Crippen LogP contribution in [-0.2, 0) is 10.0 Å². The maximum absolute atomic E-state index is 12.6. The lowest BCUT2D eigenvalue weighted by atomic mass is 10.2. The van der Waals surface area contributed by atoms with Gasteiger partial charge >= 0.3 is 0 Å². The first-order chi connectivity index (χ1) is 11.7. The molecule has 2 N–H and O–H groups in total. The van der Waals surface area contributed by atoms with Gasteiger partial charge in [-0.2, -0.15) is 0 Å². The van der Waals surface area contributed by atoms with Crippen molar-refractivity contribution in [2.24, 2.45) is 0 Å². The van der Waals surface area contributed by atoms with Crippen LogP contribution < -0.4 is 14.9 Å². The van der Waals surface area contributed by atoms with Crippen LogP contribution in [0.4, 0.5) is 11.4 Å². The van der Waals surface area contributed by atoms with Crippen molar-refractivity contribution >= 4 is 27.3 Å². The van der Waals surface area contributed by atoms with E-state index in [0.717, 1.165) is 5.69 Å². The minimum Gasteiger partial charge on any atom is -0.378 e. The van der Waals surface area contributed by atoms with E-state index < -0.39 is 10.0 Å². The molecule has 0 atom stereocenters. The van der Waals surface area contributed by atoms with Crippen LogP contribution in [0.25, 0.3) is 0 Å². The predicted octanol–water partition coefficient (Wildman–Crippen LogP) is 2.69. The Kier molecular flexibility index (Phi) is 5.69. The highest BCUT2D eigenvalue weighted by molar-refractivity contribution is 7.92. The molecule has 0 aliphatic carbocycles. The normalized spacial score (nSPS) is 11.2. The monoisotopic (exact) mass is 361 g/mol. The van der Waals surface area contributed by atoms with E-state index in [4.69, 9.17) is 0 Å². The summed E-state index contributed by atoms with van der Waals surface area (Å²) >= 11 is 0. The number of nitrogens with zero attached hydrogens (tertiary/aromatic N) is 1. The highest BCUT2D eigenvalue weighted by Crippen LogP contribution is 2.20. The molecule has 0 bridgehead atoms. The van der Waals surface area contributed by atoms with Crippen molar-refractivity contribution in [3.8, 4) is 0 Å². The summed E-state index contributed by atoms with van der Waals surface area (Å²) in [7, 11) is 0.0447. The number of sulfonamides is 1. The number of nitrogens with one attached hydrogen (secondary N) is 2. The Bertz CT molecular complexity index is 844. The van der Waals surface area contributed by atoms with Crippen LogP contribution in [0.5, 0.6) is 0 Å². The molecule has 0 aromatic heterocycles. The van der Waals surface area contributed by atoms with E-state index in [9.17, 15) is 13.2 Å². The van der Waals surface area contributed by atoms with Gasteiger partial charge in [-0.05, 0) is 56.3 Å². The van der Waals surface area contributed by atoms with Gasteiger partial charge in [0.05, 0.1) is 4.90 Å². The quantitative estimate of drug-likeness (QED) is 0.829. The molecule has 0 saturated carbocycles. The zero-order valence-corrected chi connectivity index (χ0v) is 15.6. The number of carbonyl (C=O) groups excluding carboxylic acids is 1. The fourth-order valence-corrected chi connectivity index (χ4v) is 3.30. The van der Waals surface area contributed by atoms with Crippen molar-refractivity contribution in [1.82, 2.24) is 5.32 Å². The van der Waals surface area contributed by atoms with Crippen molar-refractivity contribution in [2.75, 3.05) is 23.7 Å². The molecule has 0 heterocycles. The predicted molar refractivity (Wildman–Crippen MR) is 101 cm³/mol. The average Bonchev–Trinajstić information content (AvgIpc) is 2.54. The molecule has 0 fully saturated rings. The van der Waals surface area contributed by atoms with Crippen molar-refractivity contribution in [3.63, 3.8) is 0 Å². The topological polar surface area (TPSA) is 78.5 Å². The molecule has 25 heavy (non-hydrogen) atoms. The molecule has 0 aliphatic heterocycles. The van der Waals surface area contributed by atoms with Crippen molar-refractivity contribution in [1.29, 1.82) is 0 Å². The van der Waals surface area contributed by atoms with E-state index in [0.29, 0.717) is 11.3 Å². The number of hydrogen-bond donors (Lipinski definition) is 2. The van der Waals surface area contributed by atoms with Crippen LogP contribution in [-0.4, -0.2) is 34.5 Å². The SMILES string of the molecule is CC(C)NC(=O)c1cccc(S(=O)(=O)Nc2ccc(N(C)C)cc2)c1. The Hall–Kier alpha value is -2.54. The number of hydrogen-bond acceptors (Lipinski definition) is 4. The third kappa shape index (κ3) is 4.96. The first-order valence-corrected chi connectivity index (χ1v) is 9.38. The van der Waals surface area contributed by atoms with Crippen molar-refractivity contribution < 1.29 is 13.2 Å². The molecule has 1 amide bonds. The Morgan fingerprint density at radius 3 is 2.24 bits per heavy atom. The number of amides is 1. The summed E-state index contributed by atoms with van der Waals surface area (Å²) in [6.07, 6.45) is 0. The van der Waals surface area contributed by atoms with Crippen molar-refractivity contribution in [2.45, 2.75) is 24.8 Å². The second-order valence-electron chi connectivity index (χ2n) is 6.20. The van der Waals surface area contributed by atoms with E-state index >= 15 is 0 Å². The number of carbonyl (C=O) groups is 1. The molecule has 0 unspecified atom stereocenters. The summed E-state index contributed by atoms with van der Waals surface area (Å²) in [5.41, 5.74) is 1.73. The number of benzene rings is 2. The van der Waals surface area contributed by atoms with Gasteiger partial charge in [0.2, 0.25) is 0 Å². The Morgan fingerprint density at radius 2 is 1.68 bits per heavy atom. The molecule has 0 saturated heterocycles. The van der Waals surface area contributed by atoms with E-state index in [1.165, 1.54) is 12.1 Å². The largest absolute Gasteiger partial charge is 0.378 e. The summed E-state index contributed by atoms with van der Waals surface area (Å²) in [4.78, 5) is 14.0. The zero-order chi connectivity index (χ0) is 18.6. The molecule has 0 radical (unpaired) electrons. The minimum atomic E-state index is -3.77. The summed E-state index contributed by atoms with van der Waals surface area (Å²) in [6, 6.07) is 13.0. The van der Waals surface area contributed by atoms with Gasteiger partial charge in [0.1, 0.15) is 0 Å². The molecule has 2 aromatic rings. The fraction of sp³-hybridized carbons (Fsp3) is 0.278. The molecule has 7 heteroatoms. The van der Waals surface area contributed by atoms with Crippen LogP contribution in [0.1, 0.15) is 24.2 Å². The smallest absolute Gasteiger partial charge is 0.261 e. The lowest BCUT2D eigenvalue weighted by Gasteiger charge is -2.14. The van der Waals surface area contributed by atoms with Gasteiger partial charge in [0.15, 0.2) is 0 Å². The maximum atomic E-state index is 12.6. The van der Waals surface area contributed by atoms with Crippen LogP contribution in [0, 0.1) is 0 Å². The van der Waals surface area contributed by atoms with Gasteiger partial charge in [-0.1, -0.05) is 6.07 Å². The maximum Gasteiger partial charge on any atom is 0.261 e. The Labute approximate surface area is 148 Å². The molecular weight excluding hydrogens is 338 g/mol. The third-order valence-electron chi connectivity index (χ3n) is 3.46. The van der Waals surface area contributed by atoms with Gasteiger partial charge in [-0.3, -0.25) is 9.52 Å². The summed E-state index contributed by atoms with van der Waals surface area (Å²) in [5.74, 6) is -0.303. The van der Waals surface area contributed by atoms with Gasteiger partial charge in [-0.15, -0.1) is 0 Å². The molecule has 0 aliphatic rings. The molecule has 0 spiro atoms. The lowest BCUT2D eigenvalue weighted by Crippen LogP contribution is -2.30. The van der Waals surface area contributed by atoms with Gasteiger partial charge in [0, 0.05) is 37.1 Å². The number of rotatable bonds is 6.